The molecule has 3 rings (SSSR count). The first-order valence-electron chi connectivity index (χ1n) is 8.17. The van der Waals surface area contributed by atoms with Gasteiger partial charge < -0.3 is 0 Å². The van der Waals surface area contributed by atoms with Gasteiger partial charge in [0.1, 0.15) is 0 Å². The zero-order chi connectivity index (χ0) is 13.8. The molecule has 2 heterocycles. The Morgan fingerprint density at radius 3 is 2.80 bits per heavy atom. The Balaban J connectivity index is 1.56. The van der Waals surface area contributed by atoms with E-state index in [1.807, 2.05) is 0 Å². The van der Waals surface area contributed by atoms with E-state index in [0.717, 1.165) is 19.0 Å². The summed E-state index contributed by atoms with van der Waals surface area (Å²) in [5.41, 5.74) is 1.23. The lowest BCUT2D eigenvalue weighted by Crippen LogP contribution is -2.35. The zero-order valence-corrected chi connectivity index (χ0v) is 13.1. The SMILES string of the molecule is ClCC1CCCN(Cc2ccn(C3CCCCC3)n2)C1. The van der Waals surface area contributed by atoms with Crippen molar-refractivity contribution in [3.63, 3.8) is 0 Å². The topological polar surface area (TPSA) is 21.1 Å². The first-order valence-corrected chi connectivity index (χ1v) is 8.71. The Bertz CT molecular complexity index is 412. The van der Waals surface area contributed by atoms with Crippen molar-refractivity contribution in [2.45, 2.75) is 57.5 Å². The van der Waals surface area contributed by atoms with Crippen LogP contribution in [0.5, 0.6) is 0 Å². The molecule has 1 atom stereocenters. The summed E-state index contributed by atoms with van der Waals surface area (Å²) in [5, 5.41) is 4.82. The second-order valence-corrected chi connectivity index (χ2v) is 6.79. The van der Waals surface area contributed by atoms with Crippen LogP contribution in [0.25, 0.3) is 0 Å². The Hall–Kier alpha value is -0.540. The average molecular weight is 296 g/mol. The molecule has 1 unspecified atom stereocenters. The van der Waals surface area contributed by atoms with E-state index < -0.39 is 0 Å². The molecule has 0 spiro atoms. The van der Waals surface area contributed by atoms with Crippen molar-refractivity contribution in [3.8, 4) is 0 Å². The van der Waals surface area contributed by atoms with Crippen LogP contribution in [-0.4, -0.2) is 33.6 Å². The number of halogens is 1. The molecule has 1 aromatic rings. The summed E-state index contributed by atoms with van der Waals surface area (Å²) < 4.78 is 2.22. The van der Waals surface area contributed by atoms with Crippen LogP contribution in [0.3, 0.4) is 0 Å². The van der Waals surface area contributed by atoms with E-state index in [2.05, 4.69) is 21.8 Å². The molecule has 0 radical (unpaired) electrons. The Morgan fingerprint density at radius 1 is 1.15 bits per heavy atom. The molecule has 0 amide bonds. The van der Waals surface area contributed by atoms with Crippen molar-refractivity contribution < 1.29 is 0 Å². The molecular formula is C16H26ClN3. The van der Waals surface area contributed by atoms with Crippen molar-refractivity contribution in [1.29, 1.82) is 0 Å². The van der Waals surface area contributed by atoms with Gasteiger partial charge in [0, 0.05) is 25.2 Å². The molecular weight excluding hydrogens is 270 g/mol. The van der Waals surface area contributed by atoms with Crippen molar-refractivity contribution in [3.05, 3.63) is 18.0 Å². The van der Waals surface area contributed by atoms with Gasteiger partial charge >= 0.3 is 0 Å². The Labute approximate surface area is 127 Å². The smallest absolute Gasteiger partial charge is 0.0764 e. The van der Waals surface area contributed by atoms with Crippen molar-refractivity contribution >= 4 is 11.6 Å². The minimum Gasteiger partial charge on any atom is -0.297 e. The molecule has 2 fully saturated rings. The van der Waals surface area contributed by atoms with Crippen LogP contribution >= 0.6 is 11.6 Å². The van der Waals surface area contributed by atoms with Gasteiger partial charge in [0.05, 0.1) is 11.7 Å². The highest BCUT2D eigenvalue weighted by molar-refractivity contribution is 6.18. The quantitative estimate of drug-likeness (QED) is 0.787. The van der Waals surface area contributed by atoms with Crippen molar-refractivity contribution in [1.82, 2.24) is 14.7 Å². The minimum absolute atomic E-state index is 0.648. The fourth-order valence-electron chi connectivity index (χ4n) is 3.66. The fraction of sp³-hybridized carbons (Fsp3) is 0.812. The maximum absolute atomic E-state index is 6.01. The predicted molar refractivity (Wildman–Crippen MR) is 83.1 cm³/mol. The fourth-order valence-corrected chi connectivity index (χ4v) is 3.91. The normalized spacial score (nSPS) is 25.9. The summed E-state index contributed by atoms with van der Waals surface area (Å²) in [6.45, 7) is 3.33. The summed E-state index contributed by atoms with van der Waals surface area (Å²) in [6.07, 6.45) is 11.5. The zero-order valence-electron chi connectivity index (χ0n) is 12.3. The molecule has 1 aliphatic heterocycles. The van der Waals surface area contributed by atoms with E-state index in [1.54, 1.807) is 0 Å². The highest BCUT2D eigenvalue weighted by Crippen LogP contribution is 2.27. The number of aromatic nitrogens is 2. The van der Waals surface area contributed by atoms with Crippen LogP contribution in [0.15, 0.2) is 12.3 Å². The number of alkyl halides is 1. The third kappa shape index (κ3) is 3.56. The number of hydrogen-bond donors (Lipinski definition) is 0. The standard InChI is InChI=1S/C16H26ClN3/c17-11-14-5-4-9-19(12-14)13-15-8-10-20(18-15)16-6-2-1-3-7-16/h8,10,14,16H,1-7,9,11-13H2. The molecule has 20 heavy (non-hydrogen) atoms. The molecule has 0 N–H and O–H groups in total. The van der Waals surface area contributed by atoms with E-state index >= 15 is 0 Å². The number of hydrogen-bond acceptors (Lipinski definition) is 2. The van der Waals surface area contributed by atoms with Gasteiger partial charge in [-0.15, -0.1) is 11.6 Å². The molecule has 1 saturated carbocycles. The van der Waals surface area contributed by atoms with Gasteiger partial charge in [-0.25, -0.2) is 0 Å². The van der Waals surface area contributed by atoms with Crippen LogP contribution < -0.4 is 0 Å². The second-order valence-electron chi connectivity index (χ2n) is 6.48. The lowest BCUT2D eigenvalue weighted by atomic mass is 9.96. The van der Waals surface area contributed by atoms with Gasteiger partial charge in [-0.2, -0.15) is 5.10 Å². The van der Waals surface area contributed by atoms with Gasteiger partial charge in [-0.05, 0) is 44.2 Å². The average Bonchev–Trinajstić information content (AvgIpc) is 2.97. The maximum Gasteiger partial charge on any atom is 0.0764 e. The molecule has 1 saturated heterocycles. The van der Waals surface area contributed by atoms with Crippen LogP contribution in [0.4, 0.5) is 0 Å². The third-order valence-corrected chi connectivity index (χ3v) is 5.26. The number of rotatable bonds is 4. The van der Waals surface area contributed by atoms with Gasteiger partial charge in [-0.1, -0.05) is 19.3 Å². The predicted octanol–water partition coefficient (Wildman–Crippen LogP) is 3.84. The molecule has 0 bridgehead atoms. The van der Waals surface area contributed by atoms with E-state index in [-0.39, 0.29) is 0 Å². The number of likely N-dealkylation sites (tertiary alicyclic amines) is 1. The number of piperidine rings is 1. The van der Waals surface area contributed by atoms with Gasteiger partial charge in [0.15, 0.2) is 0 Å². The van der Waals surface area contributed by atoms with Crippen molar-refractivity contribution in [2.24, 2.45) is 5.92 Å². The van der Waals surface area contributed by atoms with Gasteiger partial charge in [-0.3, -0.25) is 9.58 Å². The van der Waals surface area contributed by atoms with E-state index in [1.165, 1.54) is 57.2 Å². The van der Waals surface area contributed by atoms with Crippen LogP contribution in [0.1, 0.15) is 56.7 Å². The Morgan fingerprint density at radius 2 is 2.00 bits per heavy atom. The molecule has 1 aliphatic carbocycles. The highest BCUT2D eigenvalue weighted by atomic mass is 35.5. The molecule has 2 aliphatic rings. The molecule has 4 heteroatoms. The summed E-state index contributed by atoms with van der Waals surface area (Å²) in [5.74, 6) is 1.47. The third-order valence-electron chi connectivity index (χ3n) is 4.82. The first-order chi connectivity index (χ1) is 9.85. The molecule has 3 nitrogen and oxygen atoms in total. The van der Waals surface area contributed by atoms with Crippen LogP contribution in [0, 0.1) is 5.92 Å². The van der Waals surface area contributed by atoms with Gasteiger partial charge in [0.2, 0.25) is 0 Å². The van der Waals surface area contributed by atoms with Gasteiger partial charge in [0.25, 0.3) is 0 Å². The summed E-state index contributed by atoms with van der Waals surface area (Å²) in [6, 6.07) is 2.85. The summed E-state index contributed by atoms with van der Waals surface area (Å²) in [7, 11) is 0. The van der Waals surface area contributed by atoms with E-state index in [4.69, 9.17) is 16.7 Å². The molecule has 1 aromatic heterocycles. The lowest BCUT2D eigenvalue weighted by Gasteiger charge is -2.31. The highest BCUT2D eigenvalue weighted by Gasteiger charge is 2.21. The van der Waals surface area contributed by atoms with Crippen molar-refractivity contribution in [2.75, 3.05) is 19.0 Å². The number of nitrogens with zero attached hydrogens (tertiary/aromatic N) is 3. The first kappa shape index (κ1) is 14.4. The monoisotopic (exact) mass is 295 g/mol. The van der Waals surface area contributed by atoms with E-state index in [9.17, 15) is 0 Å². The van der Waals surface area contributed by atoms with Crippen LogP contribution in [0.2, 0.25) is 0 Å². The summed E-state index contributed by atoms with van der Waals surface area (Å²) >= 11 is 6.01. The molecule has 0 aromatic carbocycles. The lowest BCUT2D eigenvalue weighted by molar-refractivity contribution is 0.175. The molecule has 112 valence electrons. The second kappa shape index (κ2) is 6.95. The Kier molecular flexibility index (Phi) is 5.00. The van der Waals surface area contributed by atoms with E-state index in [0.29, 0.717) is 12.0 Å². The largest absolute Gasteiger partial charge is 0.297 e. The maximum atomic E-state index is 6.01. The summed E-state index contributed by atoms with van der Waals surface area (Å²) in [4.78, 5) is 2.52. The van der Waals surface area contributed by atoms with Crippen LogP contribution in [-0.2, 0) is 6.54 Å². The minimum atomic E-state index is 0.648.